The molecule has 0 atom stereocenters. The fourth-order valence-corrected chi connectivity index (χ4v) is 2.19. The van der Waals surface area contributed by atoms with Crippen LogP contribution in [0.1, 0.15) is 31.2 Å². The first-order chi connectivity index (χ1) is 8.33. The Morgan fingerprint density at radius 3 is 2.71 bits per heavy atom. The average Bonchev–Trinajstić information content (AvgIpc) is 2.83. The molecular formula is C14H17O3. The molecule has 0 N–H and O–H groups in total. The van der Waals surface area contributed by atoms with Crippen LogP contribution in [-0.2, 0) is 11.2 Å². The molecule has 0 saturated heterocycles. The summed E-state index contributed by atoms with van der Waals surface area (Å²) < 4.78 is 11.2. The SMILES string of the molecule is COc1ccc(C[C]=O)cc1OC1CCCC1. The number of methoxy groups -OCH3 is 1. The van der Waals surface area contributed by atoms with Crippen molar-refractivity contribution in [3.63, 3.8) is 0 Å². The first kappa shape index (κ1) is 12.0. The van der Waals surface area contributed by atoms with Gasteiger partial charge in [0.2, 0.25) is 6.29 Å². The molecule has 1 aromatic rings. The fourth-order valence-electron chi connectivity index (χ4n) is 2.19. The van der Waals surface area contributed by atoms with E-state index >= 15 is 0 Å². The first-order valence-corrected chi connectivity index (χ1v) is 6.02. The van der Waals surface area contributed by atoms with Crippen molar-refractivity contribution < 1.29 is 14.3 Å². The zero-order chi connectivity index (χ0) is 12.1. The number of carbonyl (C=O) groups excluding carboxylic acids is 1. The molecule has 0 bridgehead atoms. The second kappa shape index (κ2) is 5.71. The van der Waals surface area contributed by atoms with E-state index in [0.717, 1.165) is 29.9 Å². The van der Waals surface area contributed by atoms with Gasteiger partial charge in [-0.1, -0.05) is 6.07 Å². The molecule has 91 valence electrons. The van der Waals surface area contributed by atoms with Crippen molar-refractivity contribution in [2.24, 2.45) is 0 Å². The predicted molar refractivity (Wildman–Crippen MR) is 65.3 cm³/mol. The lowest BCUT2D eigenvalue weighted by Gasteiger charge is -2.16. The molecule has 1 aliphatic rings. The van der Waals surface area contributed by atoms with E-state index in [-0.39, 0.29) is 0 Å². The minimum Gasteiger partial charge on any atom is -0.493 e. The molecule has 0 unspecified atom stereocenters. The summed E-state index contributed by atoms with van der Waals surface area (Å²) in [6, 6.07) is 5.59. The van der Waals surface area contributed by atoms with Gasteiger partial charge in [0.25, 0.3) is 0 Å². The minimum atomic E-state index is 0.291. The summed E-state index contributed by atoms with van der Waals surface area (Å²) in [6.07, 6.45) is 7.15. The molecular weight excluding hydrogens is 216 g/mol. The Balaban J connectivity index is 2.15. The van der Waals surface area contributed by atoms with Gasteiger partial charge in [0, 0.05) is 6.42 Å². The van der Waals surface area contributed by atoms with Crippen LogP contribution in [0.5, 0.6) is 11.5 Å². The van der Waals surface area contributed by atoms with E-state index in [4.69, 9.17) is 9.47 Å². The minimum absolute atomic E-state index is 0.291. The number of hydrogen-bond donors (Lipinski definition) is 0. The Morgan fingerprint density at radius 1 is 1.29 bits per heavy atom. The molecule has 1 saturated carbocycles. The summed E-state index contributed by atoms with van der Waals surface area (Å²) in [7, 11) is 1.63. The zero-order valence-electron chi connectivity index (χ0n) is 10.1. The van der Waals surface area contributed by atoms with Gasteiger partial charge in [-0.2, -0.15) is 0 Å². The van der Waals surface area contributed by atoms with E-state index in [9.17, 15) is 4.79 Å². The van der Waals surface area contributed by atoms with Crippen LogP contribution in [0.3, 0.4) is 0 Å². The van der Waals surface area contributed by atoms with Crippen LogP contribution in [0.15, 0.2) is 18.2 Å². The Kier molecular flexibility index (Phi) is 4.02. The van der Waals surface area contributed by atoms with Crippen molar-refractivity contribution >= 4 is 6.29 Å². The molecule has 0 amide bonds. The molecule has 2 rings (SSSR count). The maximum atomic E-state index is 10.4. The van der Waals surface area contributed by atoms with E-state index in [0.29, 0.717) is 12.5 Å². The van der Waals surface area contributed by atoms with Crippen LogP contribution in [-0.4, -0.2) is 19.5 Å². The quantitative estimate of drug-likeness (QED) is 0.784. The van der Waals surface area contributed by atoms with E-state index in [2.05, 4.69) is 0 Å². The summed E-state index contributed by atoms with van der Waals surface area (Å²) in [4.78, 5) is 10.4. The number of hydrogen-bond acceptors (Lipinski definition) is 3. The predicted octanol–water partition coefficient (Wildman–Crippen LogP) is 2.67. The lowest BCUT2D eigenvalue weighted by molar-refractivity contribution is 0.200. The number of rotatable bonds is 5. The van der Waals surface area contributed by atoms with Crippen molar-refractivity contribution in [3.05, 3.63) is 23.8 Å². The van der Waals surface area contributed by atoms with Crippen molar-refractivity contribution in [1.82, 2.24) is 0 Å². The molecule has 1 radical (unpaired) electrons. The zero-order valence-corrected chi connectivity index (χ0v) is 10.1. The van der Waals surface area contributed by atoms with E-state index in [1.807, 2.05) is 24.5 Å². The molecule has 0 heterocycles. The average molecular weight is 233 g/mol. The van der Waals surface area contributed by atoms with Crippen molar-refractivity contribution in [3.8, 4) is 11.5 Å². The van der Waals surface area contributed by atoms with Gasteiger partial charge in [0.15, 0.2) is 11.5 Å². The van der Waals surface area contributed by atoms with Crippen LogP contribution >= 0.6 is 0 Å². The standard InChI is InChI=1S/C14H17O3/c1-16-13-7-6-11(8-9-15)10-14(13)17-12-4-2-3-5-12/h6-7,10,12H,2-5,8H2,1H3. The smallest absolute Gasteiger partial charge is 0.203 e. The highest BCUT2D eigenvalue weighted by Crippen LogP contribution is 2.32. The van der Waals surface area contributed by atoms with Crippen LogP contribution < -0.4 is 9.47 Å². The van der Waals surface area contributed by atoms with E-state index < -0.39 is 0 Å². The summed E-state index contributed by atoms with van der Waals surface area (Å²) >= 11 is 0. The summed E-state index contributed by atoms with van der Waals surface area (Å²) in [5.41, 5.74) is 0.911. The fraction of sp³-hybridized carbons (Fsp3) is 0.500. The van der Waals surface area contributed by atoms with Gasteiger partial charge in [-0.3, -0.25) is 4.79 Å². The van der Waals surface area contributed by atoms with Gasteiger partial charge in [-0.05, 0) is 43.4 Å². The Hall–Kier alpha value is -1.51. The van der Waals surface area contributed by atoms with E-state index in [1.54, 1.807) is 7.11 Å². The third-order valence-corrected chi connectivity index (χ3v) is 3.10. The third kappa shape index (κ3) is 2.99. The highest BCUT2D eigenvalue weighted by Gasteiger charge is 2.18. The molecule has 0 aromatic heterocycles. The van der Waals surface area contributed by atoms with Gasteiger partial charge in [0.05, 0.1) is 13.2 Å². The lowest BCUT2D eigenvalue weighted by Crippen LogP contribution is -2.11. The maximum absolute atomic E-state index is 10.4. The van der Waals surface area contributed by atoms with Crippen molar-refractivity contribution in [2.75, 3.05) is 7.11 Å². The second-order valence-corrected chi connectivity index (χ2v) is 4.33. The topological polar surface area (TPSA) is 35.5 Å². The Morgan fingerprint density at radius 2 is 2.06 bits per heavy atom. The summed E-state index contributed by atoms with van der Waals surface area (Å²) in [5, 5.41) is 0. The Bertz CT molecular complexity index is 381. The van der Waals surface area contributed by atoms with Crippen molar-refractivity contribution in [1.29, 1.82) is 0 Å². The molecule has 3 nitrogen and oxygen atoms in total. The molecule has 17 heavy (non-hydrogen) atoms. The molecule has 1 aliphatic carbocycles. The van der Waals surface area contributed by atoms with Gasteiger partial charge >= 0.3 is 0 Å². The van der Waals surface area contributed by atoms with Gasteiger partial charge in [-0.15, -0.1) is 0 Å². The number of ether oxygens (including phenoxy) is 2. The van der Waals surface area contributed by atoms with Crippen LogP contribution in [0.4, 0.5) is 0 Å². The van der Waals surface area contributed by atoms with Gasteiger partial charge < -0.3 is 9.47 Å². The second-order valence-electron chi connectivity index (χ2n) is 4.33. The molecule has 0 aliphatic heterocycles. The largest absolute Gasteiger partial charge is 0.493 e. The van der Waals surface area contributed by atoms with Crippen LogP contribution in [0.2, 0.25) is 0 Å². The first-order valence-electron chi connectivity index (χ1n) is 6.02. The van der Waals surface area contributed by atoms with Gasteiger partial charge in [0.1, 0.15) is 0 Å². The lowest BCUT2D eigenvalue weighted by atomic mass is 10.1. The van der Waals surface area contributed by atoms with Crippen LogP contribution in [0.25, 0.3) is 0 Å². The Labute approximate surface area is 102 Å². The summed E-state index contributed by atoms with van der Waals surface area (Å²) in [6.45, 7) is 0. The monoisotopic (exact) mass is 233 g/mol. The van der Waals surface area contributed by atoms with E-state index in [1.165, 1.54) is 12.8 Å². The highest BCUT2D eigenvalue weighted by molar-refractivity contribution is 5.57. The molecule has 1 fully saturated rings. The highest BCUT2D eigenvalue weighted by atomic mass is 16.5. The van der Waals surface area contributed by atoms with Crippen LogP contribution in [0, 0.1) is 0 Å². The third-order valence-electron chi connectivity index (χ3n) is 3.10. The van der Waals surface area contributed by atoms with Crippen molar-refractivity contribution in [2.45, 2.75) is 38.2 Å². The maximum Gasteiger partial charge on any atom is 0.203 e. The molecule has 3 heteroatoms. The van der Waals surface area contributed by atoms with Gasteiger partial charge in [-0.25, -0.2) is 0 Å². The number of benzene rings is 1. The molecule has 1 aromatic carbocycles. The normalized spacial score (nSPS) is 15.8. The molecule has 0 spiro atoms. The summed E-state index contributed by atoms with van der Waals surface area (Å²) in [5.74, 6) is 1.47.